The second-order valence-electron chi connectivity index (χ2n) is 3.12. The van der Waals surface area contributed by atoms with Crippen molar-refractivity contribution >= 4 is 5.78 Å². The van der Waals surface area contributed by atoms with Crippen LogP contribution in [0.25, 0.3) is 0 Å². The quantitative estimate of drug-likeness (QED) is 0.611. The molecule has 80 valence electrons. The maximum Gasteiger partial charge on any atom is 0.182 e. The van der Waals surface area contributed by atoms with Gasteiger partial charge in [-0.2, -0.15) is 0 Å². The lowest BCUT2D eigenvalue weighted by Crippen LogP contribution is -2.30. The van der Waals surface area contributed by atoms with Crippen molar-refractivity contribution < 1.29 is 13.6 Å². The molecule has 15 heavy (non-hydrogen) atoms. The molecule has 2 nitrogen and oxygen atoms in total. The van der Waals surface area contributed by atoms with E-state index in [1.807, 2.05) is 0 Å². The van der Waals surface area contributed by atoms with Crippen LogP contribution in [0.15, 0.2) is 30.9 Å². The average Bonchev–Trinajstić information content (AvgIpc) is 2.17. The summed E-state index contributed by atoms with van der Waals surface area (Å²) in [6.45, 7) is 3.43. The van der Waals surface area contributed by atoms with Crippen LogP contribution in [-0.2, 0) is 0 Å². The van der Waals surface area contributed by atoms with E-state index in [0.717, 1.165) is 12.1 Å². The molecule has 0 spiro atoms. The Hall–Kier alpha value is -1.55. The molecule has 0 aromatic heterocycles. The molecule has 1 aromatic carbocycles. The molecule has 0 radical (unpaired) electrons. The van der Waals surface area contributed by atoms with Crippen molar-refractivity contribution in [1.82, 2.24) is 0 Å². The normalized spacial score (nSPS) is 12.2. The Bertz CT molecular complexity index is 390. The molecule has 0 aliphatic carbocycles. The second-order valence-corrected chi connectivity index (χ2v) is 3.12. The molecular formula is C11H11F2NO. The smallest absolute Gasteiger partial charge is 0.182 e. The Morgan fingerprint density at radius 1 is 1.53 bits per heavy atom. The summed E-state index contributed by atoms with van der Waals surface area (Å²) >= 11 is 0. The van der Waals surface area contributed by atoms with Crippen molar-refractivity contribution in [2.24, 2.45) is 5.73 Å². The standard InChI is InChI=1S/C11H11F2NO/c1-2-3-10(14)11(15)8-5-4-7(12)6-9(8)13/h2,4-6,10H,1,3,14H2. The lowest BCUT2D eigenvalue weighted by molar-refractivity contribution is 0.0958. The molecule has 1 aromatic rings. The Morgan fingerprint density at radius 3 is 2.73 bits per heavy atom. The molecule has 2 N–H and O–H groups in total. The fourth-order valence-electron chi connectivity index (χ4n) is 1.18. The monoisotopic (exact) mass is 211 g/mol. The highest BCUT2D eigenvalue weighted by Crippen LogP contribution is 2.12. The van der Waals surface area contributed by atoms with E-state index in [2.05, 4.69) is 6.58 Å². The molecule has 0 amide bonds. The van der Waals surface area contributed by atoms with Gasteiger partial charge in [-0.05, 0) is 18.6 Å². The Balaban J connectivity index is 2.96. The first-order chi connectivity index (χ1) is 7.06. The van der Waals surface area contributed by atoms with Crippen molar-refractivity contribution in [2.75, 3.05) is 0 Å². The van der Waals surface area contributed by atoms with Gasteiger partial charge in [-0.15, -0.1) is 6.58 Å². The van der Waals surface area contributed by atoms with Gasteiger partial charge in [0.25, 0.3) is 0 Å². The topological polar surface area (TPSA) is 43.1 Å². The van der Waals surface area contributed by atoms with E-state index in [0.29, 0.717) is 6.07 Å². The predicted molar refractivity (Wildman–Crippen MR) is 53.5 cm³/mol. The molecule has 1 unspecified atom stereocenters. The van der Waals surface area contributed by atoms with Crippen molar-refractivity contribution in [3.63, 3.8) is 0 Å². The van der Waals surface area contributed by atoms with Crippen molar-refractivity contribution in [1.29, 1.82) is 0 Å². The van der Waals surface area contributed by atoms with Gasteiger partial charge >= 0.3 is 0 Å². The molecule has 0 saturated carbocycles. The van der Waals surface area contributed by atoms with E-state index in [9.17, 15) is 13.6 Å². The van der Waals surface area contributed by atoms with Crippen molar-refractivity contribution in [2.45, 2.75) is 12.5 Å². The molecule has 0 bridgehead atoms. The number of carbonyl (C=O) groups is 1. The van der Waals surface area contributed by atoms with Gasteiger partial charge in [0.05, 0.1) is 11.6 Å². The molecule has 0 aliphatic heterocycles. The number of benzene rings is 1. The molecule has 1 atom stereocenters. The summed E-state index contributed by atoms with van der Waals surface area (Å²) in [5, 5.41) is 0. The number of carbonyl (C=O) groups excluding carboxylic acids is 1. The number of hydrogen-bond donors (Lipinski definition) is 1. The third kappa shape index (κ3) is 2.70. The maximum absolute atomic E-state index is 13.2. The minimum Gasteiger partial charge on any atom is -0.321 e. The van der Waals surface area contributed by atoms with E-state index < -0.39 is 23.5 Å². The highest BCUT2D eigenvalue weighted by atomic mass is 19.1. The van der Waals surface area contributed by atoms with E-state index in [1.165, 1.54) is 6.08 Å². The molecule has 1 rings (SSSR count). The molecule has 0 saturated heterocycles. The third-order valence-corrected chi connectivity index (χ3v) is 1.95. The first kappa shape index (κ1) is 11.5. The van der Waals surface area contributed by atoms with Crippen molar-refractivity contribution in [3.8, 4) is 0 Å². The average molecular weight is 211 g/mol. The highest BCUT2D eigenvalue weighted by molar-refractivity contribution is 6.00. The lowest BCUT2D eigenvalue weighted by atomic mass is 10.0. The van der Waals surface area contributed by atoms with E-state index in [4.69, 9.17) is 5.73 Å². The van der Waals surface area contributed by atoms with Gasteiger partial charge < -0.3 is 5.73 Å². The van der Waals surface area contributed by atoms with Gasteiger partial charge in [-0.1, -0.05) is 6.08 Å². The van der Waals surface area contributed by atoms with Crippen LogP contribution in [0, 0.1) is 11.6 Å². The lowest BCUT2D eigenvalue weighted by Gasteiger charge is -2.08. The molecule has 0 aliphatic rings. The number of Topliss-reactive ketones (excluding diaryl/α,β-unsaturated/α-hetero) is 1. The summed E-state index contributed by atoms with van der Waals surface area (Å²) < 4.78 is 25.7. The largest absolute Gasteiger partial charge is 0.321 e. The van der Waals surface area contributed by atoms with Gasteiger partial charge in [-0.25, -0.2) is 8.78 Å². The number of ketones is 1. The van der Waals surface area contributed by atoms with Gasteiger partial charge in [0, 0.05) is 6.07 Å². The molecule has 0 fully saturated rings. The van der Waals surface area contributed by atoms with E-state index in [-0.39, 0.29) is 12.0 Å². The van der Waals surface area contributed by atoms with Crippen molar-refractivity contribution in [3.05, 3.63) is 48.1 Å². The molecule has 4 heteroatoms. The summed E-state index contributed by atoms with van der Waals surface area (Å²) in [5.41, 5.74) is 5.30. The Kier molecular flexibility index (Phi) is 3.68. The van der Waals surface area contributed by atoms with Gasteiger partial charge in [0.2, 0.25) is 0 Å². The van der Waals surface area contributed by atoms with E-state index >= 15 is 0 Å². The number of nitrogens with two attached hydrogens (primary N) is 1. The fourth-order valence-corrected chi connectivity index (χ4v) is 1.18. The number of halogens is 2. The SMILES string of the molecule is C=CCC(N)C(=O)c1ccc(F)cc1F. The number of hydrogen-bond acceptors (Lipinski definition) is 2. The summed E-state index contributed by atoms with van der Waals surface area (Å²) in [7, 11) is 0. The predicted octanol–water partition coefficient (Wildman–Crippen LogP) is 2.05. The molecular weight excluding hydrogens is 200 g/mol. The minimum atomic E-state index is -0.889. The van der Waals surface area contributed by atoms with Crippen LogP contribution < -0.4 is 5.73 Å². The van der Waals surface area contributed by atoms with Gasteiger partial charge in [0.1, 0.15) is 11.6 Å². The van der Waals surface area contributed by atoms with E-state index in [1.54, 1.807) is 0 Å². The van der Waals surface area contributed by atoms with Crippen LogP contribution in [0.4, 0.5) is 8.78 Å². The summed E-state index contributed by atoms with van der Waals surface area (Å²) in [5.74, 6) is -2.16. The zero-order valence-corrected chi connectivity index (χ0v) is 8.04. The zero-order valence-electron chi connectivity index (χ0n) is 8.04. The van der Waals surface area contributed by atoms with Crippen LogP contribution in [0.3, 0.4) is 0 Å². The first-order valence-corrected chi connectivity index (χ1v) is 4.42. The zero-order chi connectivity index (χ0) is 11.4. The van der Waals surface area contributed by atoms with Crippen LogP contribution >= 0.6 is 0 Å². The third-order valence-electron chi connectivity index (χ3n) is 1.95. The van der Waals surface area contributed by atoms with Crippen LogP contribution in [0.2, 0.25) is 0 Å². The Labute approximate surface area is 86.4 Å². The summed E-state index contributed by atoms with van der Waals surface area (Å²) in [6.07, 6.45) is 1.74. The summed E-state index contributed by atoms with van der Waals surface area (Å²) in [4.78, 5) is 11.5. The van der Waals surface area contributed by atoms with Crippen LogP contribution in [0.1, 0.15) is 16.8 Å². The fraction of sp³-hybridized carbons (Fsp3) is 0.182. The van der Waals surface area contributed by atoms with Crippen LogP contribution in [-0.4, -0.2) is 11.8 Å². The highest BCUT2D eigenvalue weighted by Gasteiger charge is 2.18. The minimum absolute atomic E-state index is 0.189. The first-order valence-electron chi connectivity index (χ1n) is 4.42. The molecule has 0 heterocycles. The second kappa shape index (κ2) is 4.79. The Morgan fingerprint density at radius 2 is 2.20 bits per heavy atom. The maximum atomic E-state index is 13.2. The summed E-state index contributed by atoms with van der Waals surface area (Å²) in [6, 6.07) is 1.95. The van der Waals surface area contributed by atoms with Gasteiger partial charge in [-0.3, -0.25) is 4.79 Å². The number of rotatable bonds is 4. The van der Waals surface area contributed by atoms with Gasteiger partial charge in [0.15, 0.2) is 5.78 Å². The van der Waals surface area contributed by atoms with Crippen LogP contribution in [0.5, 0.6) is 0 Å².